The molecule has 0 aromatic heterocycles. The summed E-state index contributed by atoms with van der Waals surface area (Å²) in [7, 11) is 1.59. The van der Waals surface area contributed by atoms with E-state index < -0.39 is 4.92 Å². The van der Waals surface area contributed by atoms with Crippen molar-refractivity contribution >= 4 is 34.6 Å². The minimum atomic E-state index is -0.390. The van der Waals surface area contributed by atoms with E-state index in [0.29, 0.717) is 31.1 Å². The Labute approximate surface area is 185 Å². The van der Waals surface area contributed by atoms with Gasteiger partial charge in [0.25, 0.3) is 5.69 Å². The molecule has 2 aliphatic rings. The summed E-state index contributed by atoms with van der Waals surface area (Å²) in [6.45, 7) is 3.06. The molecule has 2 aromatic carbocycles. The van der Waals surface area contributed by atoms with Crippen molar-refractivity contribution in [2.75, 3.05) is 49.7 Å². The number of benzene rings is 2. The molecule has 0 spiro atoms. The maximum atomic E-state index is 13.1. The second kappa shape index (κ2) is 9.11. The lowest BCUT2D eigenvalue weighted by Crippen LogP contribution is -2.61. The first kappa shape index (κ1) is 21.4. The SMILES string of the molecule is COCCNC(=O)[C@H]1Cc2cc([N+](=O)[O-])ccc2N2CCN(c3ccc(Cl)cc3)C[C@H]12. The van der Waals surface area contributed by atoms with Crippen molar-refractivity contribution in [1.82, 2.24) is 5.32 Å². The van der Waals surface area contributed by atoms with Crippen molar-refractivity contribution < 1.29 is 14.5 Å². The molecule has 2 atom stereocenters. The van der Waals surface area contributed by atoms with Crippen LogP contribution in [-0.4, -0.2) is 56.8 Å². The smallest absolute Gasteiger partial charge is 0.269 e. The number of nitro benzene ring substituents is 1. The molecule has 1 saturated heterocycles. The van der Waals surface area contributed by atoms with Crippen LogP contribution in [0, 0.1) is 16.0 Å². The Morgan fingerprint density at radius 3 is 2.74 bits per heavy atom. The fourth-order valence-corrected chi connectivity index (χ4v) is 4.64. The second-order valence-corrected chi connectivity index (χ2v) is 8.28. The molecule has 1 N–H and O–H groups in total. The van der Waals surface area contributed by atoms with Crippen molar-refractivity contribution in [2.24, 2.45) is 5.92 Å². The summed E-state index contributed by atoms with van der Waals surface area (Å²) in [6, 6.07) is 12.6. The molecule has 0 bridgehead atoms. The fourth-order valence-electron chi connectivity index (χ4n) is 4.52. The van der Waals surface area contributed by atoms with Gasteiger partial charge in [-0.15, -0.1) is 0 Å². The number of piperazine rings is 1. The van der Waals surface area contributed by atoms with Crippen molar-refractivity contribution in [3.05, 3.63) is 63.2 Å². The number of nitro groups is 1. The van der Waals surface area contributed by atoms with Gasteiger partial charge >= 0.3 is 0 Å². The average molecular weight is 445 g/mol. The number of hydrogen-bond donors (Lipinski definition) is 1. The molecule has 1 amide bonds. The normalized spacial score (nSPS) is 20.1. The first-order valence-corrected chi connectivity index (χ1v) is 10.7. The highest BCUT2D eigenvalue weighted by Crippen LogP contribution is 2.38. The van der Waals surface area contributed by atoms with E-state index in [1.807, 2.05) is 30.3 Å². The van der Waals surface area contributed by atoms with Gasteiger partial charge in [0.05, 0.1) is 23.5 Å². The standard InChI is InChI=1S/C22H25ClN4O4/c1-31-11-8-24-22(28)19-13-15-12-18(27(29)30)6-7-20(15)26-10-9-25(14-21(19)26)17-4-2-16(23)3-5-17/h2-7,12,19,21H,8-11,13-14H2,1H3,(H,24,28)/t19-,21+/m0/s1. The van der Waals surface area contributed by atoms with Gasteiger partial charge in [-0.2, -0.15) is 0 Å². The Hall–Kier alpha value is -2.84. The third-order valence-corrected chi connectivity index (χ3v) is 6.29. The lowest BCUT2D eigenvalue weighted by Gasteiger charge is -2.49. The number of anilines is 2. The molecule has 2 aliphatic heterocycles. The largest absolute Gasteiger partial charge is 0.383 e. The molecule has 8 nitrogen and oxygen atoms in total. The van der Waals surface area contributed by atoms with Crippen LogP contribution in [0.3, 0.4) is 0 Å². The number of ether oxygens (including phenoxy) is 1. The van der Waals surface area contributed by atoms with Crippen molar-refractivity contribution in [2.45, 2.75) is 12.5 Å². The van der Waals surface area contributed by atoms with E-state index in [4.69, 9.17) is 16.3 Å². The third-order valence-electron chi connectivity index (χ3n) is 6.04. The average Bonchev–Trinajstić information content (AvgIpc) is 2.78. The van der Waals surface area contributed by atoms with Crippen molar-refractivity contribution in [1.29, 1.82) is 0 Å². The fraction of sp³-hybridized carbons (Fsp3) is 0.409. The highest BCUT2D eigenvalue weighted by Gasteiger charge is 2.42. The molecule has 1 fully saturated rings. The summed E-state index contributed by atoms with van der Waals surface area (Å²) in [5.41, 5.74) is 2.94. The Morgan fingerprint density at radius 2 is 2.03 bits per heavy atom. The van der Waals surface area contributed by atoms with Crippen LogP contribution >= 0.6 is 11.6 Å². The van der Waals surface area contributed by atoms with E-state index in [0.717, 1.165) is 30.0 Å². The molecule has 0 aliphatic carbocycles. The van der Waals surface area contributed by atoms with Crippen LogP contribution in [0.1, 0.15) is 5.56 Å². The second-order valence-electron chi connectivity index (χ2n) is 7.85. The minimum absolute atomic E-state index is 0.0408. The topological polar surface area (TPSA) is 87.9 Å². The Bertz CT molecular complexity index is 968. The number of methoxy groups -OCH3 is 1. The molecule has 4 rings (SSSR count). The summed E-state index contributed by atoms with van der Waals surface area (Å²) in [4.78, 5) is 28.5. The van der Waals surface area contributed by atoms with E-state index in [1.54, 1.807) is 19.2 Å². The number of amides is 1. The Balaban J connectivity index is 1.63. The zero-order valence-electron chi connectivity index (χ0n) is 17.3. The van der Waals surface area contributed by atoms with Crippen molar-refractivity contribution in [3.8, 4) is 0 Å². The quantitative estimate of drug-likeness (QED) is 0.418. The molecule has 9 heteroatoms. The molecular weight excluding hydrogens is 420 g/mol. The number of carbonyl (C=O) groups is 1. The molecule has 0 unspecified atom stereocenters. The number of fused-ring (bicyclic) bond motifs is 3. The molecule has 31 heavy (non-hydrogen) atoms. The van der Waals surface area contributed by atoms with Crippen LogP contribution in [-0.2, 0) is 16.0 Å². The maximum absolute atomic E-state index is 13.1. The van der Waals surface area contributed by atoms with E-state index >= 15 is 0 Å². The van der Waals surface area contributed by atoms with Gasteiger partial charge in [-0.1, -0.05) is 11.6 Å². The minimum Gasteiger partial charge on any atom is -0.383 e. The van der Waals surface area contributed by atoms with Crippen LogP contribution in [0.15, 0.2) is 42.5 Å². The number of nitrogens with zero attached hydrogens (tertiary/aromatic N) is 3. The summed E-state index contributed by atoms with van der Waals surface area (Å²) < 4.78 is 5.05. The number of carbonyl (C=O) groups excluding carboxylic acids is 1. The zero-order valence-corrected chi connectivity index (χ0v) is 18.0. The molecule has 164 valence electrons. The zero-order chi connectivity index (χ0) is 22.0. The predicted octanol–water partition coefficient (Wildman–Crippen LogP) is 2.88. The summed E-state index contributed by atoms with van der Waals surface area (Å²) >= 11 is 6.04. The summed E-state index contributed by atoms with van der Waals surface area (Å²) in [6.07, 6.45) is 0.464. The van der Waals surface area contributed by atoms with E-state index in [2.05, 4.69) is 15.1 Å². The highest BCUT2D eigenvalue weighted by atomic mass is 35.5. The third kappa shape index (κ3) is 4.45. The number of nitrogens with one attached hydrogen (secondary N) is 1. The van der Waals surface area contributed by atoms with Gasteiger partial charge in [0.1, 0.15) is 0 Å². The van der Waals surface area contributed by atoms with Crippen LogP contribution in [0.2, 0.25) is 5.02 Å². The first-order chi connectivity index (χ1) is 15.0. The van der Waals surface area contributed by atoms with E-state index in [9.17, 15) is 14.9 Å². The lowest BCUT2D eigenvalue weighted by molar-refractivity contribution is -0.384. The molecule has 0 radical (unpaired) electrons. The molecule has 2 heterocycles. The highest BCUT2D eigenvalue weighted by molar-refractivity contribution is 6.30. The van der Waals surface area contributed by atoms with Crippen LogP contribution in [0.4, 0.5) is 17.1 Å². The van der Waals surface area contributed by atoms with Crippen molar-refractivity contribution in [3.63, 3.8) is 0 Å². The molecule has 0 saturated carbocycles. The Morgan fingerprint density at radius 1 is 1.26 bits per heavy atom. The summed E-state index contributed by atoms with van der Waals surface area (Å²) in [5.74, 6) is -0.372. The first-order valence-electron chi connectivity index (χ1n) is 10.3. The lowest BCUT2D eigenvalue weighted by atomic mass is 9.83. The number of non-ortho nitro benzene ring substituents is 1. The van der Waals surface area contributed by atoms with Gasteiger partial charge in [0.15, 0.2) is 0 Å². The van der Waals surface area contributed by atoms with Crippen LogP contribution < -0.4 is 15.1 Å². The van der Waals surface area contributed by atoms with Crippen LogP contribution in [0.25, 0.3) is 0 Å². The van der Waals surface area contributed by atoms with E-state index in [1.165, 1.54) is 0 Å². The monoisotopic (exact) mass is 444 g/mol. The molecular formula is C22H25ClN4O4. The summed E-state index contributed by atoms with van der Waals surface area (Å²) in [5, 5.41) is 14.9. The number of rotatable bonds is 6. The van der Waals surface area contributed by atoms with E-state index in [-0.39, 0.29) is 23.6 Å². The number of hydrogen-bond acceptors (Lipinski definition) is 6. The number of halogens is 1. The Kier molecular flexibility index (Phi) is 6.29. The van der Waals surface area contributed by atoms with Gasteiger partial charge in [0, 0.05) is 61.8 Å². The van der Waals surface area contributed by atoms with Gasteiger partial charge < -0.3 is 19.9 Å². The van der Waals surface area contributed by atoms with Gasteiger partial charge in [-0.25, -0.2) is 0 Å². The van der Waals surface area contributed by atoms with Gasteiger partial charge in [0.2, 0.25) is 5.91 Å². The van der Waals surface area contributed by atoms with Gasteiger partial charge in [-0.05, 0) is 42.3 Å². The maximum Gasteiger partial charge on any atom is 0.269 e. The predicted molar refractivity (Wildman–Crippen MR) is 120 cm³/mol. The van der Waals surface area contributed by atoms with Gasteiger partial charge in [-0.3, -0.25) is 14.9 Å². The molecule has 2 aromatic rings. The van der Waals surface area contributed by atoms with Crippen LogP contribution in [0.5, 0.6) is 0 Å².